The van der Waals surface area contributed by atoms with Crippen LogP contribution in [0.15, 0.2) is 0 Å². The van der Waals surface area contributed by atoms with Crippen LogP contribution in [0.4, 0.5) is 0 Å². The minimum atomic E-state index is 0.159. The molecule has 0 aromatic carbocycles. The van der Waals surface area contributed by atoms with Gasteiger partial charge in [0.2, 0.25) is 5.91 Å². The molecule has 0 aromatic rings. The third-order valence-electron chi connectivity index (χ3n) is 4.33. The topological polar surface area (TPSA) is 40.5 Å². The van der Waals surface area contributed by atoms with Crippen molar-refractivity contribution in [3.63, 3.8) is 0 Å². The minimum absolute atomic E-state index is 0.159. The summed E-state index contributed by atoms with van der Waals surface area (Å²) in [6.45, 7) is 3.21. The van der Waals surface area contributed by atoms with Crippen molar-refractivity contribution in [1.82, 2.24) is 4.90 Å². The maximum atomic E-state index is 11.8. The van der Waals surface area contributed by atoms with Gasteiger partial charge in [-0.25, -0.2) is 0 Å². The van der Waals surface area contributed by atoms with Crippen LogP contribution in [0.3, 0.4) is 0 Å². The second kappa shape index (κ2) is 5.17. The number of aliphatic hydroxyl groups excluding tert-OH is 1. The van der Waals surface area contributed by atoms with E-state index < -0.39 is 0 Å². The van der Waals surface area contributed by atoms with Crippen LogP contribution in [0, 0.1) is 11.8 Å². The third-order valence-corrected chi connectivity index (χ3v) is 4.33. The summed E-state index contributed by atoms with van der Waals surface area (Å²) in [6.07, 6.45) is 6.72. The lowest BCUT2D eigenvalue weighted by Gasteiger charge is -2.34. The molecule has 1 unspecified atom stereocenters. The van der Waals surface area contributed by atoms with E-state index >= 15 is 0 Å². The van der Waals surface area contributed by atoms with Crippen LogP contribution in [-0.2, 0) is 4.79 Å². The maximum absolute atomic E-state index is 11.8. The zero-order chi connectivity index (χ0) is 11.5. The van der Waals surface area contributed by atoms with Crippen molar-refractivity contribution < 1.29 is 9.90 Å². The van der Waals surface area contributed by atoms with Crippen LogP contribution in [0.1, 0.15) is 45.4 Å². The Balaban J connectivity index is 1.87. The van der Waals surface area contributed by atoms with Gasteiger partial charge in [-0.05, 0) is 31.6 Å². The number of nitrogens with zero attached hydrogens (tertiary/aromatic N) is 1. The Kier molecular flexibility index (Phi) is 3.85. The Morgan fingerprint density at radius 2 is 1.94 bits per heavy atom. The molecular weight excluding hydrogens is 202 g/mol. The zero-order valence-electron chi connectivity index (χ0n) is 10.2. The SMILES string of the molecule is CCC1CCC(N2CC(CO)CC2=O)CC1. The van der Waals surface area contributed by atoms with Crippen LogP contribution < -0.4 is 0 Å². The van der Waals surface area contributed by atoms with Crippen molar-refractivity contribution in [3.8, 4) is 0 Å². The van der Waals surface area contributed by atoms with Gasteiger partial charge in [0.25, 0.3) is 0 Å². The van der Waals surface area contributed by atoms with E-state index in [1.807, 2.05) is 4.90 Å². The number of hydrogen-bond acceptors (Lipinski definition) is 2. The molecule has 2 fully saturated rings. The molecule has 92 valence electrons. The number of amides is 1. The first kappa shape index (κ1) is 11.9. The fraction of sp³-hybridized carbons (Fsp3) is 0.923. The van der Waals surface area contributed by atoms with Crippen molar-refractivity contribution in [1.29, 1.82) is 0 Å². The molecule has 1 saturated heterocycles. The molecule has 1 aliphatic heterocycles. The lowest BCUT2D eigenvalue weighted by atomic mass is 9.84. The van der Waals surface area contributed by atoms with E-state index in [0.717, 1.165) is 12.5 Å². The van der Waals surface area contributed by atoms with Gasteiger partial charge in [-0.2, -0.15) is 0 Å². The molecule has 0 aromatic heterocycles. The quantitative estimate of drug-likeness (QED) is 0.795. The highest BCUT2D eigenvalue weighted by Crippen LogP contribution is 2.32. The monoisotopic (exact) mass is 225 g/mol. The number of likely N-dealkylation sites (tertiary alicyclic amines) is 1. The van der Waals surface area contributed by atoms with E-state index in [0.29, 0.717) is 12.5 Å². The van der Waals surface area contributed by atoms with E-state index in [1.165, 1.54) is 32.1 Å². The molecule has 2 rings (SSSR count). The molecule has 1 N–H and O–H groups in total. The molecular formula is C13H23NO2. The van der Waals surface area contributed by atoms with Crippen molar-refractivity contribution in [3.05, 3.63) is 0 Å². The van der Waals surface area contributed by atoms with Crippen LogP contribution in [0.2, 0.25) is 0 Å². The molecule has 16 heavy (non-hydrogen) atoms. The van der Waals surface area contributed by atoms with Gasteiger partial charge >= 0.3 is 0 Å². The molecule has 3 heteroatoms. The van der Waals surface area contributed by atoms with E-state index in [1.54, 1.807) is 0 Å². The second-order valence-electron chi connectivity index (χ2n) is 5.38. The van der Waals surface area contributed by atoms with Gasteiger partial charge in [-0.3, -0.25) is 4.79 Å². The summed E-state index contributed by atoms with van der Waals surface area (Å²) in [6, 6.07) is 0.465. The van der Waals surface area contributed by atoms with Crippen molar-refractivity contribution in [2.45, 2.75) is 51.5 Å². The molecule has 1 atom stereocenters. The summed E-state index contributed by atoms with van der Waals surface area (Å²) >= 11 is 0. The third kappa shape index (κ3) is 2.40. The van der Waals surface area contributed by atoms with Crippen molar-refractivity contribution in [2.75, 3.05) is 13.2 Å². The molecule has 1 saturated carbocycles. The van der Waals surface area contributed by atoms with Gasteiger partial charge in [0, 0.05) is 31.5 Å². The number of rotatable bonds is 3. The first-order chi connectivity index (χ1) is 7.74. The summed E-state index contributed by atoms with van der Waals surface area (Å²) in [5.74, 6) is 1.33. The summed E-state index contributed by atoms with van der Waals surface area (Å²) in [7, 11) is 0. The van der Waals surface area contributed by atoms with Gasteiger partial charge in [-0.1, -0.05) is 13.3 Å². The molecule has 0 bridgehead atoms. The Morgan fingerprint density at radius 1 is 1.25 bits per heavy atom. The highest BCUT2D eigenvalue weighted by Gasteiger charge is 2.35. The normalized spacial score (nSPS) is 35.8. The highest BCUT2D eigenvalue weighted by molar-refractivity contribution is 5.79. The summed E-state index contributed by atoms with van der Waals surface area (Å²) in [5, 5.41) is 9.10. The fourth-order valence-corrected chi connectivity index (χ4v) is 3.15. The molecule has 3 nitrogen and oxygen atoms in total. The highest BCUT2D eigenvalue weighted by atomic mass is 16.3. The van der Waals surface area contributed by atoms with E-state index in [2.05, 4.69) is 6.92 Å². The van der Waals surface area contributed by atoms with Crippen LogP contribution >= 0.6 is 0 Å². The predicted molar refractivity (Wildman–Crippen MR) is 62.9 cm³/mol. The largest absolute Gasteiger partial charge is 0.396 e. The van der Waals surface area contributed by atoms with Gasteiger partial charge < -0.3 is 10.0 Å². The lowest BCUT2D eigenvalue weighted by molar-refractivity contribution is -0.130. The molecule has 0 radical (unpaired) electrons. The van der Waals surface area contributed by atoms with Gasteiger partial charge in [0.1, 0.15) is 0 Å². The molecule has 1 heterocycles. The van der Waals surface area contributed by atoms with Gasteiger partial charge in [-0.15, -0.1) is 0 Å². The number of carbonyl (C=O) groups is 1. The standard InChI is InChI=1S/C13H23NO2/c1-2-10-3-5-12(6-4-10)14-8-11(9-15)7-13(14)16/h10-12,15H,2-9H2,1H3. The van der Waals surface area contributed by atoms with Gasteiger partial charge in [0.05, 0.1) is 0 Å². The minimum Gasteiger partial charge on any atom is -0.396 e. The molecule has 0 spiro atoms. The molecule has 1 aliphatic carbocycles. The smallest absolute Gasteiger partial charge is 0.223 e. The number of aliphatic hydroxyl groups is 1. The van der Waals surface area contributed by atoms with Crippen LogP contribution in [-0.4, -0.2) is 35.1 Å². The summed E-state index contributed by atoms with van der Waals surface area (Å²) < 4.78 is 0. The second-order valence-corrected chi connectivity index (χ2v) is 5.38. The maximum Gasteiger partial charge on any atom is 0.223 e. The van der Waals surface area contributed by atoms with E-state index in [4.69, 9.17) is 5.11 Å². The average molecular weight is 225 g/mol. The van der Waals surface area contributed by atoms with Crippen molar-refractivity contribution in [2.24, 2.45) is 11.8 Å². The van der Waals surface area contributed by atoms with Crippen LogP contribution in [0.25, 0.3) is 0 Å². The Morgan fingerprint density at radius 3 is 2.44 bits per heavy atom. The van der Waals surface area contributed by atoms with Crippen molar-refractivity contribution >= 4 is 5.91 Å². The Labute approximate surface area is 97.8 Å². The summed E-state index contributed by atoms with van der Waals surface area (Å²) in [4.78, 5) is 13.8. The van der Waals surface area contributed by atoms with Gasteiger partial charge in [0.15, 0.2) is 0 Å². The zero-order valence-corrected chi connectivity index (χ0v) is 10.2. The molecule has 2 aliphatic rings. The predicted octanol–water partition coefficient (Wildman–Crippen LogP) is 1.80. The fourth-order valence-electron chi connectivity index (χ4n) is 3.15. The lowest BCUT2D eigenvalue weighted by Crippen LogP contribution is -2.39. The van der Waals surface area contributed by atoms with Crippen LogP contribution in [0.5, 0.6) is 0 Å². The Hall–Kier alpha value is -0.570. The summed E-state index contributed by atoms with van der Waals surface area (Å²) in [5.41, 5.74) is 0. The molecule has 1 amide bonds. The first-order valence-corrected chi connectivity index (χ1v) is 6.65. The van der Waals surface area contributed by atoms with E-state index in [-0.39, 0.29) is 18.4 Å². The number of carbonyl (C=O) groups excluding carboxylic acids is 1. The first-order valence-electron chi connectivity index (χ1n) is 6.65. The average Bonchev–Trinajstić information content (AvgIpc) is 2.71. The number of hydrogen-bond donors (Lipinski definition) is 1. The van der Waals surface area contributed by atoms with E-state index in [9.17, 15) is 4.79 Å². The Bertz CT molecular complexity index is 246.